The number of aryl methyl sites for hydroxylation is 1. The average Bonchev–Trinajstić information content (AvgIpc) is 2.75. The van der Waals surface area contributed by atoms with Crippen molar-refractivity contribution in [3.63, 3.8) is 0 Å². The van der Waals surface area contributed by atoms with Crippen molar-refractivity contribution in [2.75, 3.05) is 12.9 Å². The van der Waals surface area contributed by atoms with Crippen LogP contribution in [0.2, 0.25) is 0 Å². The molecule has 0 N–H and O–H groups in total. The van der Waals surface area contributed by atoms with Crippen LogP contribution in [-0.4, -0.2) is 27.1 Å². The number of sulfone groups is 1. The van der Waals surface area contributed by atoms with Crippen molar-refractivity contribution in [2.45, 2.75) is 35.3 Å². The Balaban J connectivity index is 1.59. The van der Waals surface area contributed by atoms with Gasteiger partial charge in [0.05, 0.1) is 17.8 Å². The normalized spacial score (nSPS) is 11.3. The standard InChI is InChI=1S/C25H26O4S2/c1-19-8-13-25(29-2)21(16-19)18-31(27,28)24-11-9-20(10-12-24)17-22(26)14-15-30-23-6-4-3-5-7-23/h3-13,16H,14-15,17-18H2,1-2H3. The first-order valence-corrected chi connectivity index (χ1v) is 12.7. The smallest absolute Gasteiger partial charge is 0.182 e. The van der Waals surface area contributed by atoms with Crippen molar-refractivity contribution >= 4 is 27.4 Å². The van der Waals surface area contributed by atoms with Crippen LogP contribution in [0.4, 0.5) is 0 Å². The quantitative estimate of drug-likeness (QED) is 0.391. The van der Waals surface area contributed by atoms with Gasteiger partial charge in [-0.25, -0.2) is 8.42 Å². The number of hydrogen-bond donors (Lipinski definition) is 0. The monoisotopic (exact) mass is 454 g/mol. The molecule has 0 aliphatic rings. The fourth-order valence-corrected chi connectivity index (χ4v) is 5.51. The Hall–Kier alpha value is -2.57. The van der Waals surface area contributed by atoms with Gasteiger partial charge < -0.3 is 4.74 Å². The molecule has 0 heterocycles. The predicted octanol–water partition coefficient (Wildman–Crippen LogP) is 5.27. The maximum Gasteiger partial charge on any atom is 0.182 e. The third kappa shape index (κ3) is 6.71. The summed E-state index contributed by atoms with van der Waals surface area (Å²) in [7, 11) is -1.99. The minimum atomic E-state index is -3.52. The van der Waals surface area contributed by atoms with Crippen molar-refractivity contribution in [3.8, 4) is 5.75 Å². The number of ether oxygens (including phenoxy) is 1. The summed E-state index contributed by atoms with van der Waals surface area (Å²) in [5.74, 6) is 1.30. The molecule has 0 atom stereocenters. The van der Waals surface area contributed by atoms with Crippen LogP contribution in [0.5, 0.6) is 5.75 Å². The number of hydrogen-bond acceptors (Lipinski definition) is 5. The van der Waals surface area contributed by atoms with Crippen LogP contribution in [0, 0.1) is 6.92 Å². The number of thioether (sulfide) groups is 1. The first-order valence-electron chi connectivity index (χ1n) is 10.0. The maximum atomic E-state index is 12.9. The summed E-state index contributed by atoms with van der Waals surface area (Å²) in [4.78, 5) is 13.7. The molecule has 6 heteroatoms. The second-order valence-electron chi connectivity index (χ2n) is 7.35. The molecule has 31 heavy (non-hydrogen) atoms. The van der Waals surface area contributed by atoms with Gasteiger partial charge in [-0.05, 0) is 42.8 Å². The van der Waals surface area contributed by atoms with Crippen LogP contribution in [0.3, 0.4) is 0 Å². The Morgan fingerprint density at radius 2 is 1.68 bits per heavy atom. The van der Waals surface area contributed by atoms with Crippen molar-refractivity contribution in [2.24, 2.45) is 0 Å². The molecule has 0 fully saturated rings. The van der Waals surface area contributed by atoms with Gasteiger partial charge in [-0.3, -0.25) is 4.79 Å². The van der Waals surface area contributed by atoms with E-state index < -0.39 is 9.84 Å². The lowest BCUT2D eigenvalue weighted by Crippen LogP contribution is -2.08. The molecule has 0 radical (unpaired) electrons. The molecular formula is C25H26O4S2. The number of ketones is 1. The molecule has 0 amide bonds. The molecular weight excluding hydrogens is 428 g/mol. The second kappa shape index (κ2) is 10.6. The van der Waals surface area contributed by atoms with E-state index in [9.17, 15) is 13.2 Å². The molecule has 162 valence electrons. The molecule has 4 nitrogen and oxygen atoms in total. The summed E-state index contributed by atoms with van der Waals surface area (Å²) < 4.78 is 31.0. The number of carbonyl (C=O) groups excluding carboxylic acids is 1. The van der Waals surface area contributed by atoms with Crippen LogP contribution in [-0.2, 0) is 26.8 Å². The summed E-state index contributed by atoms with van der Waals surface area (Å²) in [6.45, 7) is 1.92. The zero-order valence-corrected chi connectivity index (χ0v) is 19.3. The van der Waals surface area contributed by atoms with Crippen molar-refractivity contribution in [1.29, 1.82) is 0 Å². The van der Waals surface area contributed by atoms with Crippen LogP contribution in [0.25, 0.3) is 0 Å². The third-order valence-electron chi connectivity index (χ3n) is 4.86. The number of benzene rings is 3. The lowest BCUT2D eigenvalue weighted by Gasteiger charge is -2.11. The van der Waals surface area contributed by atoms with Crippen molar-refractivity contribution in [1.82, 2.24) is 0 Å². The zero-order valence-electron chi connectivity index (χ0n) is 17.7. The topological polar surface area (TPSA) is 60.4 Å². The van der Waals surface area contributed by atoms with E-state index in [2.05, 4.69) is 0 Å². The summed E-state index contributed by atoms with van der Waals surface area (Å²) >= 11 is 1.66. The highest BCUT2D eigenvalue weighted by atomic mass is 32.2. The molecule has 3 aromatic carbocycles. The molecule has 3 aromatic rings. The highest BCUT2D eigenvalue weighted by Crippen LogP contribution is 2.25. The number of Topliss-reactive ketones (excluding diaryl/α,β-unsaturated/α-hetero) is 1. The molecule has 0 saturated heterocycles. The van der Waals surface area contributed by atoms with Crippen LogP contribution >= 0.6 is 11.8 Å². The number of methoxy groups -OCH3 is 1. The average molecular weight is 455 g/mol. The molecule has 0 spiro atoms. The molecule has 3 rings (SSSR count). The van der Waals surface area contributed by atoms with Gasteiger partial charge in [0, 0.05) is 29.1 Å². The first-order chi connectivity index (χ1) is 14.9. The van der Waals surface area contributed by atoms with Crippen LogP contribution in [0.1, 0.15) is 23.1 Å². The van der Waals surface area contributed by atoms with Gasteiger partial charge in [-0.1, -0.05) is 48.0 Å². The van der Waals surface area contributed by atoms with E-state index in [0.717, 1.165) is 21.8 Å². The molecule has 0 aliphatic carbocycles. The third-order valence-corrected chi connectivity index (χ3v) is 7.55. The first kappa shape index (κ1) is 23.1. The SMILES string of the molecule is COc1ccc(C)cc1CS(=O)(=O)c1ccc(CC(=O)CCSc2ccccc2)cc1. The van der Waals surface area contributed by atoms with Gasteiger partial charge in [-0.2, -0.15) is 0 Å². The Morgan fingerprint density at radius 3 is 2.35 bits per heavy atom. The van der Waals surface area contributed by atoms with Gasteiger partial charge >= 0.3 is 0 Å². The fourth-order valence-electron chi connectivity index (χ4n) is 3.24. The number of carbonyl (C=O) groups is 1. The summed E-state index contributed by atoms with van der Waals surface area (Å²) in [5.41, 5.74) is 2.43. The summed E-state index contributed by atoms with van der Waals surface area (Å²) in [6.07, 6.45) is 0.786. The highest BCUT2D eigenvalue weighted by molar-refractivity contribution is 7.99. The lowest BCUT2D eigenvalue weighted by molar-refractivity contribution is -0.118. The van der Waals surface area contributed by atoms with Crippen molar-refractivity contribution < 1.29 is 17.9 Å². The van der Waals surface area contributed by atoms with Gasteiger partial charge in [0.25, 0.3) is 0 Å². The minimum Gasteiger partial charge on any atom is -0.496 e. The van der Waals surface area contributed by atoms with E-state index in [4.69, 9.17) is 4.74 Å². The van der Waals surface area contributed by atoms with E-state index in [1.54, 1.807) is 42.1 Å². The Bertz CT molecular complexity index is 1120. The maximum absolute atomic E-state index is 12.9. The molecule has 0 saturated carbocycles. The number of rotatable bonds is 10. The second-order valence-corrected chi connectivity index (χ2v) is 10.5. The van der Waals surface area contributed by atoms with Crippen LogP contribution in [0.15, 0.2) is 82.6 Å². The lowest BCUT2D eigenvalue weighted by atomic mass is 10.1. The van der Waals surface area contributed by atoms with E-state index in [1.807, 2.05) is 49.4 Å². The van der Waals surface area contributed by atoms with Gasteiger partial charge in [0.1, 0.15) is 11.5 Å². The molecule has 0 aromatic heterocycles. The molecule has 0 bridgehead atoms. The van der Waals surface area contributed by atoms with Gasteiger partial charge in [0.15, 0.2) is 9.84 Å². The largest absolute Gasteiger partial charge is 0.496 e. The van der Waals surface area contributed by atoms with Crippen molar-refractivity contribution in [3.05, 3.63) is 89.5 Å². The minimum absolute atomic E-state index is 0.132. The van der Waals surface area contributed by atoms with Gasteiger partial charge in [0.2, 0.25) is 0 Å². The summed E-state index contributed by atoms with van der Waals surface area (Å²) in [5, 5.41) is 0. The van der Waals surface area contributed by atoms with E-state index >= 15 is 0 Å². The molecule has 0 aliphatic heterocycles. The van der Waals surface area contributed by atoms with E-state index in [0.29, 0.717) is 24.2 Å². The highest BCUT2D eigenvalue weighted by Gasteiger charge is 2.18. The Labute approximate surface area is 188 Å². The molecule has 0 unspecified atom stereocenters. The fraction of sp³-hybridized carbons (Fsp3) is 0.240. The Kier molecular flexibility index (Phi) is 7.93. The van der Waals surface area contributed by atoms with Gasteiger partial charge in [-0.15, -0.1) is 11.8 Å². The van der Waals surface area contributed by atoms with Crippen LogP contribution < -0.4 is 4.74 Å². The van der Waals surface area contributed by atoms with E-state index in [1.165, 1.54) is 7.11 Å². The zero-order chi connectivity index (χ0) is 22.3. The predicted molar refractivity (Wildman–Crippen MR) is 126 cm³/mol. The summed E-state index contributed by atoms with van der Waals surface area (Å²) in [6, 6.07) is 22.1. The van der Waals surface area contributed by atoms with E-state index in [-0.39, 0.29) is 16.4 Å². The Morgan fingerprint density at radius 1 is 0.968 bits per heavy atom.